The summed E-state index contributed by atoms with van der Waals surface area (Å²) in [4.78, 5) is 10.7. The monoisotopic (exact) mass is 306 g/mol. The Bertz CT molecular complexity index is 502. The molecule has 4 heteroatoms. The maximum atomic E-state index is 10.7. The lowest BCUT2D eigenvalue weighted by molar-refractivity contribution is 0.249. The summed E-state index contributed by atoms with van der Waals surface area (Å²) in [7, 11) is 0. The van der Waals surface area contributed by atoms with Crippen LogP contribution < -0.4 is 11.1 Å². The molecule has 0 spiro atoms. The number of aryl methyl sites for hydroxylation is 1. The first kappa shape index (κ1) is 18.3. The molecule has 4 N–H and O–H groups in total. The molecule has 0 heterocycles. The smallest absolute Gasteiger partial charge is 0.312 e. The van der Waals surface area contributed by atoms with Gasteiger partial charge in [0.05, 0.1) is 0 Å². The standard InChI is InChI=1S/C18H30N2O2/c1-17(2,3)13-10-12(8-7-9-20-16(19)22)11-14(15(13)21)18(4,5)6/h10-11,21H,7-9H2,1-6H3,(H3,19,20,22). The molecule has 0 saturated carbocycles. The average molecular weight is 306 g/mol. The average Bonchev–Trinajstić information content (AvgIpc) is 2.33. The minimum atomic E-state index is -0.489. The van der Waals surface area contributed by atoms with E-state index in [2.05, 4.69) is 59.0 Å². The molecule has 22 heavy (non-hydrogen) atoms. The highest BCUT2D eigenvalue weighted by molar-refractivity contribution is 5.71. The fourth-order valence-corrected chi connectivity index (χ4v) is 2.49. The number of hydrogen-bond donors (Lipinski definition) is 3. The van der Waals surface area contributed by atoms with Crippen LogP contribution in [0.1, 0.15) is 64.7 Å². The zero-order chi connectivity index (χ0) is 17.1. The fourth-order valence-electron chi connectivity index (χ4n) is 2.49. The molecule has 4 nitrogen and oxygen atoms in total. The lowest BCUT2D eigenvalue weighted by Gasteiger charge is -2.28. The van der Waals surface area contributed by atoms with E-state index in [-0.39, 0.29) is 10.8 Å². The van der Waals surface area contributed by atoms with Gasteiger partial charge in [-0.25, -0.2) is 4.79 Å². The van der Waals surface area contributed by atoms with Gasteiger partial charge < -0.3 is 16.2 Å². The van der Waals surface area contributed by atoms with Crippen LogP contribution in [0, 0.1) is 0 Å². The van der Waals surface area contributed by atoms with Gasteiger partial charge in [-0.15, -0.1) is 0 Å². The van der Waals surface area contributed by atoms with Gasteiger partial charge in [-0.2, -0.15) is 0 Å². The molecular weight excluding hydrogens is 276 g/mol. The zero-order valence-corrected chi connectivity index (χ0v) is 14.7. The van der Waals surface area contributed by atoms with Gasteiger partial charge in [0.15, 0.2) is 0 Å². The van der Waals surface area contributed by atoms with E-state index in [9.17, 15) is 9.90 Å². The first-order valence-electron chi connectivity index (χ1n) is 7.83. The van der Waals surface area contributed by atoms with Crippen LogP contribution in [0.4, 0.5) is 4.79 Å². The van der Waals surface area contributed by atoms with Crippen molar-refractivity contribution in [1.82, 2.24) is 5.32 Å². The van der Waals surface area contributed by atoms with Gasteiger partial charge in [0.1, 0.15) is 5.75 Å². The zero-order valence-electron chi connectivity index (χ0n) is 14.7. The molecule has 0 atom stereocenters. The molecule has 0 aliphatic carbocycles. The van der Waals surface area contributed by atoms with Crippen molar-refractivity contribution in [3.8, 4) is 5.75 Å². The summed E-state index contributed by atoms with van der Waals surface area (Å²) in [6.07, 6.45) is 1.66. The molecule has 2 amide bonds. The molecular formula is C18H30N2O2. The summed E-state index contributed by atoms with van der Waals surface area (Å²) in [5.74, 6) is 0.402. The number of nitrogens with one attached hydrogen (secondary N) is 1. The molecule has 0 radical (unpaired) electrons. The van der Waals surface area contributed by atoms with Crippen molar-refractivity contribution in [3.63, 3.8) is 0 Å². The van der Waals surface area contributed by atoms with Gasteiger partial charge in [-0.05, 0) is 40.4 Å². The van der Waals surface area contributed by atoms with Gasteiger partial charge in [0.25, 0.3) is 0 Å². The lowest BCUT2D eigenvalue weighted by Crippen LogP contribution is -2.30. The maximum absolute atomic E-state index is 10.7. The number of carbonyl (C=O) groups excluding carboxylic acids is 1. The van der Waals surface area contributed by atoms with Crippen molar-refractivity contribution in [2.45, 2.75) is 65.2 Å². The molecule has 0 bridgehead atoms. The Kier molecular flexibility index (Phi) is 5.49. The largest absolute Gasteiger partial charge is 0.507 e. The Morgan fingerprint density at radius 1 is 1.09 bits per heavy atom. The third-order valence-corrected chi connectivity index (χ3v) is 3.73. The van der Waals surface area contributed by atoms with E-state index in [1.54, 1.807) is 0 Å². The highest BCUT2D eigenvalue weighted by Gasteiger charge is 2.26. The first-order valence-corrected chi connectivity index (χ1v) is 7.83. The number of benzene rings is 1. The minimum Gasteiger partial charge on any atom is -0.507 e. The highest BCUT2D eigenvalue weighted by Crippen LogP contribution is 2.39. The predicted molar refractivity (Wildman–Crippen MR) is 91.4 cm³/mol. The van der Waals surface area contributed by atoms with Gasteiger partial charge in [-0.3, -0.25) is 0 Å². The number of aromatic hydroxyl groups is 1. The Balaban J connectivity index is 3.10. The van der Waals surface area contributed by atoms with Crippen molar-refractivity contribution in [3.05, 3.63) is 28.8 Å². The van der Waals surface area contributed by atoms with E-state index in [1.807, 2.05) is 0 Å². The van der Waals surface area contributed by atoms with E-state index in [1.165, 1.54) is 5.56 Å². The summed E-state index contributed by atoms with van der Waals surface area (Å²) in [5.41, 5.74) is 7.95. The second-order valence-corrected chi connectivity index (χ2v) is 7.93. The van der Waals surface area contributed by atoms with Crippen LogP contribution in [-0.4, -0.2) is 17.7 Å². The molecule has 0 fully saturated rings. The van der Waals surface area contributed by atoms with E-state index in [0.29, 0.717) is 12.3 Å². The van der Waals surface area contributed by atoms with Crippen molar-refractivity contribution >= 4 is 6.03 Å². The number of nitrogens with two attached hydrogens (primary N) is 1. The number of rotatable bonds is 4. The van der Waals surface area contributed by atoms with Gasteiger partial charge >= 0.3 is 6.03 Å². The van der Waals surface area contributed by atoms with E-state index < -0.39 is 6.03 Å². The topological polar surface area (TPSA) is 75.3 Å². The van der Waals surface area contributed by atoms with E-state index in [4.69, 9.17) is 5.73 Å². The SMILES string of the molecule is CC(C)(C)c1cc(CCCNC(N)=O)cc(C(C)(C)C)c1O. The number of urea groups is 1. The third-order valence-electron chi connectivity index (χ3n) is 3.73. The van der Waals surface area contributed by atoms with Crippen LogP contribution in [0.2, 0.25) is 0 Å². The van der Waals surface area contributed by atoms with E-state index >= 15 is 0 Å². The van der Waals surface area contributed by atoms with Gasteiger partial charge in [0, 0.05) is 6.54 Å². The summed E-state index contributed by atoms with van der Waals surface area (Å²) < 4.78 is 0. The van der Waals surface area contributed by atoms with Crippen LogP contribution in [0.3, 0.4) is 0 Å². The van der Waals surface area contributed by atoms with Crippen molar-refractivity contribution in [1.29, 1.82) is 0 Å². The summed E-state index contributed by atoms with van der Waals surface area (Å²) in [5, 5.41) is 13.3. The molecule has 0 saturated heterocycles. The second kappa shape index (κ2) is 6.59. The summed E-state index contributed by atoms with van der Waals surface area (Å²) in [6, 6.07) is 3.67. The second-order valence-electron chi connectivity index (χ2n) is 7.93. The van der Waals surface area contributed by atoms with Crippen LogP contribution in [-0.2, 0) is 17.3 Å². The van der Waals surface area contributed by atoms with Crippen LogP contribution in [0.25, 0.3) is 0 Å². The van der Waals surface area contributed by atoms with E-state index in [0.717, 1.165) is 24.0 Å². The van der Waals surface area contributed by atoms with Crippen molar-refractivity contribution in [2.24, 2.45) is 5.73 Å². The van der Waals surface area contributed by atoms with Crippen molar-refractivity contribution < 1.29 is 9.90 Å². The van der Waals surface area contributed by atoms with Crippen LogP contribution in [0.15, 0.2) is 12.1 Å². The summed E-state index contributed by atoms with van der Waals surface area (Å²) >= 11 is 0. The molecule has 0 unspecified atom stereocenters. The maximum Gasteiger partial charge on any atom is 0.312 e. The minimum absolute atomic E-state index is 0.119. The number of primary amides is 1. The molecule has 124 valence electrons. The molecule has 0 aliphatic rings. The normalized spacial score (nSPS) is 12.3. The number of phenolic OH excluding ortho intramolecular Hbond substituents is 1. The molecule has 1 aromatic rings. The number of phenols is 1. The first-order chi connectivity index (χ1) is 9.93. The summed E-state index contributed by atoms with van der Waals surface area (Å²) in [6.45, 7) is 13.2. The molecule has 0 aromatic heterocycles. The van der Waals surface area contributed by atoms with Crippen molar-refractivity contribution in [2.75, 3.05) is 6.54 Å². The lowest BCUT2D eigenvalue weighted by atomic mass is 9.78. The Labute approximate surface area is 134 Å². The molecule has 1 aromatic carbocycles. The number of amides is 2. The molecule has 0 aliphatic heterocycles. The number of hydrogen-bond acceptors (Lipinski definition) is 2. The van der Waals surface area contributed by atoms with Gasteiger partial charge in [-0.1, -0.05) is 53.7 Å². The molecule has 1 rings (SSSR count). The Hall–Kier alpha value is -1.71. The fraction of sp³-hybridized carbons (Fsp3) is 0.611. The Morgan fingerprint density at radius 2 is 1.55 bits per heavy atom. The quantitative estimate of drug-likeness (QED) is 0.744. The van der Waals surface area contributed by atoms with Gasteiger partial charge in [0.2, 0.25) is 0 Å². The van der Waals surface area contributed by atoms with Crippen LogP contribution >= 0.6 is 0 Å². The number of carbonyl (C=O) groups is 1. The third kappa shape index (κ3) is 4.93. The highest BCUT2D eigenvalue weighted by atomic mass is 16.3. The Morgan fingerprint density at radius 3 is 1.91 bits per heavy atom. The predicted octanol–water partition coefficient (Wildman–Crippen LogP) is 3.59. The van der Waals surface area contributed by atoms with Crippen LogP contribution in [0.5, 0.6) is 5.75 Å².